The topological polar surface area (TPSA) is 12.0 Å². The molecule has 1 rings (SSSR count). The fourth-order valence-electron chi connectivity index (χ4n) is 1.18. The second-order valence-corrected chi connectivity index (χ2v) is 2.90. The summed E-state index contributed by atoms with van der Waals surface area (Å²) >= 11 is 0. The largest absolute Gasteiger partial charge is 0.303 e. The van der Waals surface area contributed by atoms with Crippen LogP contribution in [0, 0.1) is 0 Å². The van der Waals surface area contributed by atoms with Crippen molar-refractivity contribution in [3.63, 3.8) is 0 Å². The van der Waals surface area contributed by atoms with Crippen LogP contribution in [-0.4, -0.2) is 18.5 Å². The smallest absolute Gasteiger partial charge is 0.253 e. The zero-order valence-electron chi connectivity index (χ0n) is 6.56. The Hall–Kier alpha value is -0.440. The van der Waals surface area contributed by atoms with Crippen LogP contribution in [0.2, 0.25) is 0 Å². The van der Waals surface area contributed by atoms with Gasteiger partial charge in [0.15, 0.2) is 0 Å². The van der Waals surface area contributed by atoms with Crippen LogP contribution in [0.25, 0.3) is 0 Å². The molecule has 11 heavy (non-hydrogen) atoms. The molecule has 0 saturated carbocycles. The van der Waals surface area contributed by atoms with E-state index in [2.05, 4.69) is 5.32 Å². The van der Waals surface area contributed by atoms with Crippen molar-refractivity contribution in [2.75, 3.05) is 0 Å². The first kappa shape index (κ1) is 8.65. The molecule has 1 aliphatic rings. The Morgan fingerprint density at radius 3 is 2.73 bits per heavy atom. The van der Waals surface area contributed by atoms with Crippen molar-refractivity contribution in [3.05, 3.63) is 12.2 Å². The second kappa shape index (κ2) is 3.81. The summed E-state index contributed by atoms with van der Waals surface area (Å²) < 4.78 is 24.0. The van der Waals surface area contributed by atoms with Crippen molar-refractivity contribution in [1.29, 1.82) is 0 Å². The molecule has 0 fully saturated rings. The minimum atomic E-state index is -2.26. The quantitative estimate of drug-likeness (QED) is 0.624. The fraction of sp³-hybridized carbons (Fsp3) is 0.750. The van der Waals surface area contributed by atoms with E-state index in [1.807, 2.05) is 12.2 Å². The fourth-order valence-corrected chi connectivity index (χ4v) is 1.18. The van der Waals surface area contributed by atoms with E-state index in [-0.39, 0.29) is 6.04 Å². The molecule has 1 aliphatic carbocycles. The first-order valence-electron chi connectivity index (χ1n) is 3.91. The van der Waals surface area contributed by atoms with E-state index in [1.54, 1.807) is 0 Å². The van der Waals surface area contributed by atoms with E-state index < -0.39 is 12.5 Å². The van der Waals surface area contributed by atoms with Gasteiger partial charge in [0.1, 0.15) is 0 Å². The highest BCUT2D eigenvalue weighted by Gasteiger charge is 2.18. The van der Waals surface area contributed by atoms with Crippen LogP contribution in [-0.2, 0) is 0 Å². The molecule has 0 heterocycles. The molecule has 1 nitrogen and oxygen atoms in total. The van der Waals surface area contributed by atoms with Crippen LogP contribution < -0.4 is 5.32 Å². The molecule has 0 aromatic carbocycles. The maximum Gasteiger partial charge on any atom is 0.253 e. The lowest BCUT2D eigenvalue weighted by Crippen LogP contribution is -2.38. The molecule has 3 heteroatoms. The summed E-state index contributed by atoms with van der Waals surface area (Å²) in [6.45, 7) is 1.51. The maximum absolute atomic E-state index is 12.0. The van der Waals surface area contributed by atoms with Gasteiger partial charge >= 0.3 is 0 Å². The molecule has 0 aliphatic heterocycles. The molecule has 0 aromatic heterocycles. The first-order chi connectivity index (χ1) is 5.20. The van der Waals surface area contributed by atoms with Gasteiger partial charge in [-0.05, 0) is 19.8 Å². The van der Waals surface area contributed by atoms with Gasteiger partial charge < -0.3 is 5.32 Å². The summed E-state index contributed by atoms with van der Waals surface area (Å²) in [6, 6.07) is -0.526. The van der Waals surface area contributed by atoms with Crippen molar-refractivity contribution >= 4 is 0 Å². The minimum absolute atomic E-state index is 0.166. The molecule has 0 saturated heterocycles. The number of hydrogen-bond acceptors (Lipinski definition) is 1. The molecule has 0 amide bonds. The Morgan fingerprint density at radius 1 is 1.55 bits per heavy atom. The minimum Gasteiger partial charge on any atom is -0.303 e. The molecule has 0 bridgehead atoms. The van der Waals surface area contributed by atoms with Crippen LogP contribution in [0.3, 0.4) is 0 Å². The average molecular weight is 161 g/mol. The predicted octanol–water partition coefficient (Wildman–Crippen LogP) is 1.95. The lowest BCUT2D eigenvalue weighted by Gasteiger charge is -2.16. The van der Waals surface area contributed by atoms with E-state index in [1.165, 1.54) is 6.92 Å². The molecular formula is C8H13F2N. The van der Waals surface area contributed by atoms with E-state index >= 15 is 0 Å². The van der Waals surface area contributed by atoms with Crippen molar-refractivity contribution in [2.24, 2.45) is 0 Å². The summed E-state index contributed by atoms with van der Waals surface area (Å²) in [6.07, 6.45) is 3.68. The van der Waals surface area contributed by atoms with Gasteiger partial charge in [-0.2, -0.15) is 0 Å². The lowest BCUT2D eigenvalue weighted by molar-refractivity contribution is 0.103. The number of rotatable bonds is 3. The molecular weight excluding hydrogens is 148 g/mol. The van der Waals surface area contributed by atoms with Crippen LogP contribution in [0.4, 0.5) is 8.78 Å². The predicted molar refractivity (Wildman–Crippen MR) is 40.8 cm³/mol. The molecule has 2 atom stereocenters. The van der Waals surface area contributed by atoms with Gasteiger partial charge in [0.2, 0.25) is 0 Å². The van der Waals surface area contributed by atoms with Crippen LogP contribution in [0.5, 0.6) is 0 Å². The van der Waals surface area contributed by atoms with Crippen LogP contribution in [0.1, 0.15) is 19.8 Å². The van der Waals surface area contributed by atoms with Crippen LogP contribution in [0.15, 0.2) is 12.2 Å². The van der Waals surface area contributed by atoms with E-state index in [0.717, 1.165) is 12.8 Å². The highest BCUT2D eigenvalue weighted by molar-refractivity contribution is 5.01. The third-order valence-electron chi connectivity index (χ3n) is 1.87. The van der Waals surface area contributed by atoms with Gasteiger partial charge in [0.25, 0.3) is 6.43 Å². The standard InChI is InChI=1S/C8H13F2N/c1-6(8(9)10)11-7-4-2-3-5-7/h2,4,6-8,11H,3,5H2,1H3. The van der Waals surface area contributed by atoms with Gasteiger partial charge in [-0.15, -0.1) is 0 Å². The Kier molecular flexibility index (Phi) is 3.00. The average Bonchev–Trinajstić information content (AvgIpc) is 2.39. The zero-order valence-corrected chi connectivity index (χ0v) is 6.56. The lowest BCUT2D eigenvalue weighted by atomic mass is 10.2. The Labute approximate surface area is 65.5 Å². The Morgan fingerprint density at radius 2 is 2.27 bits per heavy atom. The summed E-state index contributed by atoms with van der Waals surface area (Å²) in [7, 11) is 0. The van der Waals surface area contributed by atoms with Crippen molar-refractivity contribution in [2.45, 2.75) is 38.3 Å². The molecule has 0 aromatic rings. The third-order valence-corrected chi connectivity index (χ3v) is 1.87. The normalized spacial score (nSPS) is 26.4. The van der Waals surface area contributed by atoms with Gasteiger partial charge in [-0.3, -0.25) is 0 Å². The molecule has 0 radical (unpaired) electrons. The summed E-state index contributed by atoms with van der Waals surface area (Å²) in [5.41, 5.74) is 0. The van der Waals surface area contributed by atoms with Gasteiger partial charge in [0, 0.05) is 6.04 Å². The van der Waals surface area contributed by atoms with Gasteiger partial charge in [0.05, 0.1) is 6.04 Å². The highest BCUT2D eigenvalue weighted by Crippen LogP contribution is 2.11. The third kappa shape index (κ3) is 2.58. The molecule has 2 unspecified atom stereocenters. The zero-order chi connectivity index (χ0) is 8.27. The number of allylic oxidation sites excluding steroid dienone is 1. The number of nitrogens with one attached hydrogen (secondary N) is 1. The van der Waals surface area contributed by atoms with Gasteiger partial charge in [-0.25, -0.2) is 8.78 Å². The molecule has 64 valence electrons. The van der Waals surface area contributed by atoms with Crippen molar-refractivity contribution < 1.29 is 8.78 Å². The van der Waals surface area contributed by atoms with E-state index in [9.17, 15) is 8.78 Å². The molecule has 1 N–H and O–H groups in total. The Bertz CT molecular complexity index is 145. The highest BCUT2D eigenvalue weighted by atomic mass is 19.3. The summed E-state index contributed by atoms with van der Waals surface area (Å²) in [4.78, 5) is 0. The van der Waals surface area contributed by atoms with Crippen molar-refractivity contribution in [1.82, 2.24) is 5.32 Å². The van der Waals surface area contributed by atoms with Gasteiger partial charge in [-0.1, -0.05) is 12.2 Å². The SMILES string of the molecule is CC(NC1C=CCC1)C(F)F. The Balaban J connectivity index is 2.24. The monoisotopic (exact) mass is 161 g/mol. The summed E-state index contributed by atoms with van der Waals surface area (Å²) in [5.74, 6) is 0. The van der Waals surface area contributed by atoms with E-state index in [0.29, 0.717) is 0 Å². The second-order valence-electron chi connectivity index (χ2n) is 2.90. The number of hydrogen-bond donors (Lipinski definition) is 1. The first-order valence-corrected chi connectivity index (χ1v) is 3.91. The van der Waals surface area contributed by atoms with Crippen LogP contribution >= 0.6 is 0 Å². The number of halogens is 2. The van der Waals surface area contributed by atoms with Crippen molar-refractivity contribution in [3.8, 4) is 0 Å². The maximum atomic E-state index is 12.0. The van der Waals surface area contributed by atoms with E-state index in [4.69, 9.17) is 0 Å². The summed E-state index contributed by atoms with van der Waals surface area (Å²) in [5, 5.41) is 2.84. The number of alkyl halides is 2. The molecule has 0 spiro atoms.